The summed E-state index contributed by atoms with van der Waals surface area (Å²) in [6.07, 6.45) is 3.30. The maximum atomic E-state index is 12.4. The van der Waals surface area contributed by atoms with Gasteiger partial charge in [-0.2, -0.15) is 0 Å². The number of carbonyl (C=O) groups excluding carboxylic acids is 1. The quantitative estimate of drug-likeness (QED) is 0.843. The van der Waals surface area contributed by atoms with Crippen molar-refractivity contribution in [3.05, 3.63) is 35.4 Å². The molecule has 2 aliphatic rings. The SMILES string of the molecule is C/C=C(\C)CN1CC[C@H](CNC(=O)c2ccc3c(c2)OCCO3)C1. The largest absolute Gasteiger partial charge is 0.486 e. The molecule has 2 aliphatic heterocycles. The van der Waals surface area contributed by atoms with Crippen molar-refractivity contribution in [1.29, 1.82) is 0 Å². The van der Waals surface area contributed by atoms with Crippen molar-refractivity contribution < 1.29 is 14.3 Å². The fraction of sp³-hybridized carbons (Fsp3) is 0.526. The van der Waals surface area contributed by atoms with E-state index in [1.807, 2.05) is 0 Å². The molecule has 0 unspecified atom stereocenters. The van der Waals surface area contributed by atoms with E-state index in [-0.39, 0.29) is 5.91 Å². The summed E-state index contributed by atoms with van der Waals surface area (Å²) >= 11 is 0. The lowest BCUT2D eigenvalue weighted by Crippen LogP contribution is -2.31. The van der Waals surface area contributed by atoms with Crippen molar-refractivity contribution in [2.75, 3.05) is 39.4 Å². The van der Waals surface area contributed by atoms with Crippen LogP contribution in [0, 0.1) is 5.92 Å². The van der Waals surface area contributed by atoms with Gasteiger partial charge in [-0.15, -0.1) is 0 Å². The number of likely N-dealkylation sites (tertiary alicyclic amines) is 1. The first-order valence-electron chi connectivity index (χ1n) is 8.67. The van der Waals surface area contributed by atoms with Gasteiger partial charge in [-0.3, -0.25) is 9.69 Å². The summed E-state index contributed by atoms with van der Waals surface area (Å²) in [6.45, 7) is 9.24. The van der Waals surface area contributed by atoms with Crippen LogP contribution in [0.1, 0.15) is 30.6 Å². The van der Waals surface area contributed by atoms with Gasteiger partial charge in [-0.05, 0) is 50.9 Å². The highest BCUT2D eigenvalue weighted by molar-refractivity contribution is 5.94. The number of amides is 1. The monoisotopic (exact) mass is 330 g/mol. The van der Waals surface area contributed by atoms with E-state index in [0.717, 1.165) is 32.6 Å². The standard InChI is InChI=1S/C19H26N2O3/c1-3-14(2)12-21-7-6-15(13-21)11-20-19(22)16-4-5-17-18(10-16)24-9-8-23-17/h3-5,10,15H,6-9,11-13H2,1-2H3,(H,20,22)/b14-3+/t15-/m1/s1. The summed E-state index contributed by atoms with van der Waals surface area (Å²) in [4.78, 5) is 14.8. The number of carbonyl (C=O) groups is 1. The highest BCUT2D eigenvalue weighted by Crippen LogP contribution is 2.30. The average molecular weight is 330 g/mol. The van der Waals surface area contributed by atoms with Gasteiger partial charge in [0.15, 0.2) is 11.5 Å². The van der Waals surface area contributed by atoms with Crippen molar-refractivity contribution in [3.63, 3.8) is 0 Å². The molecule has 1 aromatic carbocycles. The lowest BCUT2D eigenvalue weighted by Gasteiger charge is -2.19. The number of hydrogen-bond donors (Lipinski definition) is 1. The number of fused-ring (bicyclic) bond motifs is 1. The summed E-state index contributed by atoms with van der Waals surface area (Å²) in [5.41, 5.74) is 2.02. The molecule has 1 N–H and O–H groups in total. The van der Waals surface area contributed by atoms with Crippen molar-refractivity contribution in [1.82, 2.24) is 10.2 Å². The van der Waals surface area contributed by atoms with Gasteiger partial charge in [0.1, 0.15) is 13.2 Å². The van der Waals surface area contributed by atoms with E-state index in [1.165, 1.54) is 5.57 Å². The van der Waals surface area contributed by atoms with Gasteiger partial charge < -0.3 is 14.8 Å². The minimum Gasteiger partial charge on any atom is -0.486 e. The second-order valence-corrected chi connectivity index (χ2v) is 6.59. The molecule has 0 saturated carbocycles. The van der Waals surface area contributed by atoms with Crippen LogP contribution < -0.4 is 14.8 Å². The minimum absolute atomic E-state index is 0.0462. The zero-order chi connectivity index (χ0) is 16.9. The summed E-state index contributed by atoms with van der Waals surface area (Å²) in [5.74, 6) is 1.84. The molecule has 1 atom stereocenters. The van der Waals surface area contributed by atoms with Crippen molar-refractivity contribution in [3.8, 4) is 11.5 Å². The van der Waals surface area contributed by atoms with E-state index in [1.54, 1.807) is 18.2 Å². The molecule has 1 aromatic rings. The highest BCUT2D eigenvalue weighted by Gasteiger charge is 2.23. The lowest BCUT2D eigenvalue weighted by molar-refractivity contribution is 0.0946. The van der Waals surface area contributed by atoms with Crippen LogP contribution >= 0.6 is 0 Å². The third-order valence-electron chi connectivity index (χ3n) is 4.69. The zero-order valence-electron chi connectivity index (χ0n) is 14.5. The summed E-state index contributed by atoms with van der Waals surface area (Å²) < 4.78 is 11.0. The first kappa shape index (κ1) is 16.8. The van der Waals surface area contributed by atoms with E-state index in [4.69, 9.17) is 9.47 Å². The Balaban J connectivity index is 1.49. The van der Waals surface area contributed by atoms with Gasteiger partial charge in [-0.1, -0.05) is 11.6 Å². The number of allylic oxidation sites excluding steroid dienone is 1. The second kappa shape index (κ2) is 7.71. The topological polar surface area (TPSA) is 50.8 Å². The highest BCUT2D eigenvalue weighted by atomic mass is 16.6. The van der Waals surface area contributed by atoms with Gasteiger partial charge in [0.25, 0.3) is 5.91 Å². The number of benzene rings is 1. The summed E-state index contributed by atoms with van der Waals surface area (Å²) in [7, 11) is 0. The number of nitrogens with zero attached hydrogens (tertiary/aromatic N) is 1. The van der Waals surface area contributed by atoms with E-state index in [0.29, 0.717) is 36.2 Å². The molecule has 0 spiro atoms. The predicted molar refractivity (Wildman–Crippen MR) is 93.7 cm³/mol. The maximum Gasteiger partial charge on any atom is 0.251 e. The number of hydrogen-bond acceptors (Lipinski definition) is 4. The first-order valence-corrected chi connectivity index (χ1v) is 8.67. The molecular formula is C19H26N2O3. The predicted octanol–water partition coefficient (Wildman–Crippen LogP) is 2.48. The molecule has 0 aromatic heterocycles. The van der Waals surface area contributed by atoms with Crippen molar-refractivity contribution >= 4 is 5.91 Å². The Bertz CT molecular complexity index is 627. The minimum atomic E-state index is -0.0462. The van der Waals surface area contributed by atoms with E-state index < -0.39 is 0 Å². The van der Waals surface area contributed by atoms with Crippen molar-refractivity contribution in [2.45, 2.75) is 20.3 Å². The van der Waals surface area contributed by atoms with Gasteiger partial charge in [0.2, 0.25) is 0 Å². The van der Waals surface area contributed by atoms with Crippen LogP contribution in [-0.2, 0) is 0 Å². The molecule has 0 radical (unpaired) electrons. The number of ether oxygens (including phenoxy) is 2. The van der Waals surface area contributed by atoms with Gasteiger partial charge >= 0.3 is 0 Å². The van der Waals surface area contributed by atoms with Gasteiger partial charge in [-0.25, -0.2) is 0 Å². The smallest absolute Gasteiger partial charge is 0.251 e. The van der Waals surface area contributed by atoms with Crippen LogP contribution in [0.15, 0.2) is 29.8 Å². The molecule has 130 valence electrons. The molecule has 1 amide bonds. The summed E-state index contributed by atoms with van der Waals surface area (Å²) in [5, 5.41) is 3.06. The van der Waals surface area contributed by atoms with Crippen LogP contribution in [0.5, 0.6) is 11.5 Å². The third kappa shape index (κ3) is 4.09. The Morgan fingerprint density at radius 2 is 2.12 bits per heavy atom. The second-order valence-electron chi connectivity index (χ2n) is 6.59. The van der Waals surface area contributed by atoms with Crippen LogP contribution in [0.25, 0.3) is 0 Å². The molecule has 24 heavy (non-hydrogen) atoms. The summed E-state index contributed by atoms with van der Waals surface area (Å²) in [6, 6.07) is 5.36. The Labute approximate surface area is 143 Å². The van der Waals surface area contributed by atoms with Gasteiger partial charge in [0.05, 0.1) is 0 Å². The van der Waals surface area contributed by atoms with Crippen molar-refractivity contribution in [2.24, 2.45) is 5.92 Å². The average Bonchev–Trinajstić information content (AvgIpc) is 3.06. The maximum absolute atomic E-state index is 12.4. The Hall–Kier alpha value is -2.01. The van der Waals surface area contributed by atoms with Crippen LogP contribution in [0.3, 0.4) is 0 Å². The van der Waals surface area contributed by atoms with E-state index in [2.05, 4.69) is 30.1 Å². The van der Waals surface area contributed by atoms with Crippen LogP contribution in [0.4, 0.5) is 0 Å². The molecule has 5 nitrogen and oxygen atoms in total. The van der Waals surface area contributed by atoms with Gasteiger partial charge in [0, 0.05) is 25.2 Å². The number of rotatable bonds is 5. The Morgan fingerprint density at radius 1 is 1.33 bits per heavy atom. The third-order valence-corrected chi connectivity index (χ3v) is 4.69. The molecule has 5 heteroatoms. The molecule has 0 bridgehead atoms. The lowest BCUT2D eigenvalue weighted by atomic mass is 10.1. The normalized spacial score (nSPS) is 20.9. The molecule has 1 fully saturated rings. The fourth-order valence-electron chi connectivity index (χ4n) is 3.19. The van der Waals surface area contributed by atoms with E-state index >= 15 is 0 Å². The fourth-order valence-corrected chi connectivity index (χ4v) is 3.19. The molecule has 3 rings (SSSR count). The Morgan fingerprint density at radius 3 is 2.92 bits per heavy atom. The van der Waals surface area contributed by atoms with E-state index in [9.17, 15) is 4.79 Å². The van der Waals surface area contributed by atoms with Crippen LogP contribution in [0.2, 0.25) is 0 Å². The number of nitrogens with one attached hydrogen (secondary N) is 1. The molecule has 2 heterocycles. The Kier molecular flexibility index (Phi) is 5.41. The molecule has 1 saturated heterocycles. The van der Waals surface area contributed by atoms with Crippen LogP contribution in [-0.4, -0.2) is 50.2 Å². The molecular weight excluding hydrogens is 304 g/mol. The first-order chi connectivity index (χ1) is 11.7. The molecule has 0 aliphatic carbocycles. The zero-order valence-corrected chi connectivity index (χ0v) is 14.5.